The van der Waals surface area contributed by atoms with E-state index >= 15 is 0 Å². The molecule has 1 aromatic heterocycles. The Kier molecular flexibility index (Phi) is 3.08. The van der Waals surface area contributed by atoms with E-state index in [0.29, 0.717) is 12.8 Å². The summed E-state index contributed by atoms with van der Waals surface area (Å²) in [4.78, 5) is 18.3. The van der Waals surface area contributed by atoms with Crippen LogP contribution in [0.4, 0.5) is 5.82 Å². The summed E-state index contributed by atoms with van der Waals surface area (Å²) >= 11 is 0. The summed E-state index contributed by atoms with van der Waals surface area (Å²) in [6.07, 6.45) is 2.18. The summed E-state index contributed by atoms with van der Waals surface area (Å²) in [6, 6.07) is 11.9. The van der Waals surface area contributed by atoms with Crippen LogP contribution in [0.15, 0.2) is 36.4 Å². The third-order valence-corrected chi connectivity index (χ3v) is 4.33. The lowest BCUT2D eigenvalue weighted by Crippen LogP contribution is -2.50. The summed E-state index contributed by atoms with van der Waals surface area (Å²) in [6.45, 7) is 2.69. The first kappa shape index (κ1) is 12.9. The third-order valence-electron chi connectivity index (χ3n) is 4.33. The molecule has 1 atom stereocenters. The maximum absolute atomic E-state index is 11.7. The highest BCUT2D eigenvalue weighted by Gasteiger charge is 2.46. The Morgan fingerprint density at radius 2 is 2.15 bits per heavy atom. The number of fused-ring (bicyclic) bond motifs is 1. The molecule has 1 aromatic carbocycles. The van der Waals surface area contributed by atoms with Crippen molar-refractivity contribution in [3.8, 4) is 0 Å². The SMILES string of the molecule is CCC1(C(=O)O)CCCN1c1ccc2ccccc2n1. The molecule has 20 heavy (non-hydrogen) atoms. The molecule has 1 unspecified atom stereocenters. The number of carbonyl (C=O) groups is 1. The molecule has 0 aliphatic carbocycles. The van der Waals surface area contributed by atoms with Crippen molar-refractivity contribution in [3.05, 3.63) is 36.4 Å². The lowest BCUT2D eigenvalue weighted by Gasteiger charge is -2.34. The molecule has 2 aromatic rings. The molecule has 0 spiro atoms. The van der Waals surface area contributed by atoms with Crippen LogP contribution in [0.2, 0.25) is 0 Å². The van der Waals surface area contributed by atoms with Gasteiger partial charge in [0, 0.05) is 11.9 Å². The largest absolute Gasteiger partial charge is 0.479 e. The molecule has 1 aliphatic rings. The highest BCUT2D eigenvalue weighted by molar-refractivity contribution is 5.86. The summed E-state index contributed by atoms with van der Waals surface area (Å²) in [5.41, 5.74) is 0.113. The fourth-order valence-corrected chi connectivity index (χ4v) is 3.16. The van der Waals surface area contributed by atoms with Gasteiger partial charge in [-0.15, -0.1) is 0 Å². The van der Waals surface area contributed by atoms with E-state index < -0.39 is 11.5 Å². The summed E-state index contributed by atoms with van der Waals surface area (Å²) in [5.74, 6) is 0.0258. The van der Waals surface area contributed by atoms with E-state index in [1.54, 1.807) is 0 Å². The van der Waals surface area contributed by atoms with Crippen molar-refractivity contribution in [2.45, 2.75) is 31.7 Å². The van der Waals surface area contributed by atoms with Crippen LogP contribution in [0.1, 0.15) is 26.2 Å². The predicted molar refractivity (Wildman–Crippen MR) is 79.0 cm³/mol. The molecule has 2 heterocycles. The number of para-hydroxylation sites is 1. The second-order valence-electron chi connectivity index (χ2n) is 5.31. The van der Waals surface area contributed by atoms with Crippen LogP contribution in [0, 0.1) is 0 Å². The molecular formula is C16H18N2O2. The van der Waals surface area contributed by atoms with Crippen LogP contribution >= 0.6 is 0 Å². The molecule has 1 fully saturated rings. The quantitative estimate of drug-likeness (QED) is 0.931. The number of rotatable bonds is 3. The van der Waals surface area contributed by atoms with Crippen molar-refractivity contribution in [1.29, 1.82) is 0 Å². The van der Waals surface area contributed by atoms with E-state index in [-0.39, 0.29) is 0 Å². The average molecular weight is 270 g/mol. The number of aromatic nitrogens is 1. The molecule has 0 saturated carbocycles. The monoisotopic (exact) mass is 270 g/mol. The second kappa shape index (κ2) is 4.78. The van der Waals surface area contributed by atoms with Crippen molar-refractivity contribution in [3.63, 3.8) is 0 Å². The van der Waals surface area contributed by atoms with Crippen LogP contribution < -0.4 is 4.90 Å². The van der Waals surface area contributed by atoms with Crippen LogP contribution in [-0.2, 0) is 4.79 Å². The van der Waals surface area contributed by atoms with Crippen molar-refractivity contribution < 1.29 is 9.90 Å². The van der Waals surface area contributed by atoms with Crippen LogP contribution in [-0.4, -0.2) is 28.1 Å². The van der Waals surface area contributed by atoms with Crippen LogP contribution in [0.25, 0.3) is 10.9 Å². The molecular weight excluding hydrogens is 252 g/mol. The molecule has 0 amide bonds. The average Bonchev–Trinajstić information content (AvgIpc) is 2.92. The van der Waals surface area contributed by atoms with Crippen molar-refractivity contribution in [2.24, 2.45) is 0 Å². The van der Waals surface area contributed by atoms with Gasteiger partial charge in [0.2, 0.25) is 0 Å². The van der Waals surface area contributed by atoms with Gasteiger partial charge in [-0.25, -0.2) is 9.78 Å². The predicted octanol–water partition coefficient (Wildman–Crippen LogP) is 3.07. The van der Waals surface area contributed by atoms with E-state index in [4.69, 9.17) is 0 Å². The number of benzene rings is 1. The molecule has 104 valence electrons. The van der Waals surface area contributed by atoms with Crippen molar-refractivity contribution >= 4 is 22.7 Å². The molecule has 0 radical (unpaired) electrons. The first-order valence-corrected chi connectivity index (χ1v) is 7.04. The number of nitrogens with zero attached hydrogens (tertiary/aromatic N) is 2. The summed E-state index contributed by atoms with van der Waals surface area (Å²) in [5, 5.41) is 10.7. The first-order chi connectivity index (χ1) is 9.67. The fourth-order valence-electron chi connectivity index (χ4n) is 3.16. The minimum absolute atomic E-state index is 0.594. The number of aliphatic carboxylic acids is 1. The number of anilines is 1. The van der Waals surface area contributed by atoms with E-state index in [1.807, 2.05) is 48.2 Å². The Bertz CT molecular complexity index is 656. The topological polar surface area (TPSA) is 53.4 Å². The van der Waals surface area contributed by atoms with E-state index in [9.17, 15) is 9.90 Å². The normalized spacial score (nSPS) is 22.4. The van der Waals surface area contributed by atoms with Gasteiger partial charge in [0.15, 0.2) is 0 Å². The van der Waals surface area contributed by atoms with Crippen LogP contribution in [0.3, 0.4) is 0 Å². The van der Waals surface area contributed by atoms with Gasteiger partial charge in [-0.1, -0.05) is 25.1 Å². The minimum Gasteiger partial charge on any atom is -0.479 e. The molecule has 4 nitrogen and oxygen atoms in total. The Hall–Kier alpha value is -2.10. The van der Waals surface area contributed by atoms with Crippen molar-refractivity contribution in [1.82, 2.24) is 4.98 Å². The fraction of sp³-hybridized carbons (Fsp3) is 0.375. The number of hydrogen-bond donors (Lipinski definition) is 1. The lowest BCUT2D eigenvalue weighted by atomic mass is 9.93. The summed E-state index contributed by atoms with van der Waals surface area (Å²) < 4.78 is 0. The lowest BCUT2D eigenvalue weighted by molar-refractivity contribution is -0.143. The standard InChI is InChI=1S/C16H18N2O2/c1-2-16(15(19)20)10-5-11-18(16)14-9-8-12-6-3-4-7-13(12)17-14/h3-4,6-9H,2,5,10-11H2,1H3,(H,19,20). The zero-order valence-corrected chi connectivity index (χ0v) is 11.5. The minimum atomic E-state index is -0.796. The van der Waals surface area contributed by atoms with Crippen molar-refractivity contribution in [2.75, 3.05) is 11.4 Å². The Morgan fingerprint density at radius 1 is 1.35 bits per heavy atom. The maximum atomic E-state index is 11.7. The molecule has 1 saturated heterocycles. The third kappa shape index (κ3) is 1.83. The number of pyridine rings is 1. The van der Waals surface area contributed by atoms with Crippen LogP contribution in [0.5, 0.6) is 0 Å². The van der Waals surface area contributed by atoms with Gasteiger partial charge in [0.1, 0.15) is 11.4 Å². The van der Waals surface area contributed by atoms with Gasteiger partial charge in [-0.05, 0) is 37.5 Å². The molecule has 1 aliphatic heterocycles. The molecule has 3 rings (SSSR count). The van der Waals surface area contributed by atoms with Gasteiger partial charge in [-0.3, -0.25) is 0 Å². The zero-order chi connectivity index (χ0) is 14.2. The van der Waals surface area contributed by atoms with Gasteiger partial charge < -0.3 is 10.0 Å². The summed E-state index contributed by atoms with van der Waals surface area (Å²) in [7, 11) is 0. The second-order valence-corrected chi connectivity index (χ2v) is 5.31. The van der Waals surface area contributed by atoms with Gasteiger partial charge in [-0.2, -0.15) is 0 Å². The molecule has 0 bridgehead atoms. The molecule has 4 heteroatoms. The number of hydrogen-bond acceptors (Lipinski definition) is 3. The maximum Gasteiger partial charge on any atom is 0.329 e. The molecule has 1 N–H and O–H groups in total. The Labute approximate surface area is 118 Å². The Balaban J connectivity index is 2.07. The highest BCUT2D eigenvalue weighted by Crippen LogP contribution is 2.36. The van der Waals surface area contributed by atoms with E-state index in [0.717, 1.165) is 29.7 Å². The van der Waals surface area contributed by atoms with E-state index in [1.165, 1.54) is 0 Å². The highest BCUT2D eigenvalue weighted by atomic mass is 16.4. The number of carboxylic acid groups (broad SMARTS) is 1. The zero-order valence-electron chi connectivity index (χ0n) is 11.5. The number of carboxylic acids is 1. The smallest absolute Gasteiger partial charge is 0.329 e. The van der Waals surface area contributed by atoms with Gasteiger partial charge in [0.25, 0.3) is 0 Å². The van der Waals surface area contributed by atoms with Gasteiger partial charge >= 0.3 is 5.97 Å². The first-order valence-electron chi connectivity index (χ1n) is 7.04. The van der Waals surface area contributed by atoms with Gasteiger partial charge in [0.05, 0.1) is 5.52 Å². The van der Waals surface area contributed by atoms with E-state index in [2.05, 4.69) is 4.98 Å². The Morgan fingerprint density at radius 3 is 2.90 bits per heavy atom.